The summed E-state index contributed by atoms with van der Waals surface area (Å²) < 4.78 is 0. The quantitative estimate of drug-likeness (QED) is 0.437. The molecule has 0 spiro atoms. The van der Waals surface area contributed by atoms with E-state index in [4.69, 9.17) is 10.2 Å². The molecule has 18 heavy (non-hydrogen) atoms. The number of hydrazine groups is 1. The fourth-order valence-electron chi connectivity index (χ4n) is 0.992. The van der Waals surface area contributed by atoms with Crippen LogP contribution in [0.4, 0.5) is 0 Å². The van der Waals surface area contributed by atoms with Gasteiger partial charge in [0, 0.05) is 17.7 Å². The predicted octanol–water partition coefficient (Wildman–Crippen LogP) is -0.206. The number of carbonyl (C=O) groups is 3. The Morgan fingerprint density at radius 1 is 1.00 bits per heavy atom. The van der Waals surface area contributed by atoms with Gasteiger partial charge in [-0.1, -0.05) is 0 Å². The van der Waals surface area contributed by atoms with Gasteiger partial charge in [0.15, 0.2) is 0 Å². The minimum absolute atomic E-state index is 0.0139. The minimum atomic E-state index is -1.27. The topological polar surface area (TPSA) is 116 Å². The lowest BCUT2D eigenvalue weighted by Crippen LogP contribution is -2.40. The molecule has 0 aliphatic rings. The summed E-state index contributed by atoms with van der Waals surface area (Å²) in [4.78, 5) is 32.6. The number of nitrogens with one attached hydrogen (secondary N) is 2. The highest BCUT2D eigenvalue weighted by molar-refractivity contribution is 5.98. The maximum absolute atomic E-state index is 11.5. The molecule has 0 saturated heterocycles. The molecule has 0 aliphatic heterocycles. The van der Waals surface area contributed by atoms with Crippen molar-refractivity contribution in [2.24, 2.45) is 0 Å². The molecule has 7 heteroatoms. The minimum Gasteiger partial charge on any atom is -0.508 e. The first-order valence-corrected chi connectivity index (χ1v) is 4.79. The fourth-order valence-corrected chi connectivity index (χ4v) is 0.992. The van der Waals surface area contributed by atoms with E-state index in [1.807, 2.05) is 5.43 Å². The Balaban J connectivity index is 2.49. The van der Waals surface area contributed by atoms with Crippen molar-refractivity contribution in [3.05, 3.63) is 42.0 Å². The molecule has 0 fully saturated rings. The first-order chi connectivity index (χ1) is 8.49. The predicted molar refractivity (Wildman–Crippen MR) is 60.5 cm³/mol. The van der Waals surface area contributed by atoms with E-state index in [1.54, 1.807) is 0 Å². The van der Waals surface area contributed by atoms with E-state index in [0.29, 0.717) is 6.08 Å². The molecule has 0 radical (unpaired) electrons. The molecule has 0 saturated carbocycles. The Kier molecular flexibility index (Phi) is 4.44. The summed E-state index contributed by atoms with van der Waals surface area (Å²) >= 11 is 0. The third-order valence-electron chi connectivity index (χ3n) is 1.81. The lowest BCUT2D eigenvalue weighted by atomic mass is 10.2. The molecule has 0 heterocycles. The van der Waals surface area contributed by atoms with Crippen LogP contribution >= 0.6 is 0 Å². The summed E-state index contributed by atoms with van der Waals surface area (Å²) in [5.74, 6) is -2.62. The smallest absolute Gasteiger partial charge is 0.328 e. The SMILES string of the molecule is O=C(O)/C=C/C(=O)NNC(=O)c1ccc(O)cc1. The highest BCUT2D eigenvalue weighted by Gasteiger charge is 2.05. The maximum Gasteiger partial charge on any atom is 0.328 e. The lowest BCUT2D eigenvalue weighted by Gasteiger charge is -2.04. The molecule has 0 bridgehead atoms. The zero-order valence-corrected chi connectivity index (χ0v) is 9.08. The van der Waals surface area contributed by atoms with Gasteiger partial charge in [-0.3, -0.25) is 20.4 Å². The van der Waals surface area contributed by atoms with Gasteiger partial charge < -0.3 is 10.2 Å². The van der Waals surface area contributed by atoms with Crippen molar-refractivity contribution in [1.82, 2.24) is 10.9 Å². The summed E-state index contributed by atoms with van der Waals surface area (Å²) in [5.41, 5.74) is 4.31. The van der Waals surface area contributed by atoms with E-state index in [9.17, 15) is 14.4 Å². The van der Waals surface area contributed by atoms with Crippen LogP contribution in [0.2, 0.25) is 0 Å². The highest BCUT2D eigenvalue weighted by atomic mass is 16.4. The normalized spacial score (nSPS) is 10.0. The van der Waals surface area contributed by atoms with Crippen molar-refractivity contribution >= 4 is 17.8 Å². The number of carboxylic acid groups (broad SMARTS) is 1. The Morgan fingerprint density at radius 2 is 1.61 bits per heavy atom. The summed E-state index contributed by atoms with van der Waals surface area (Å²) in [6.45, 7) is 0. The van der Waals surface area contributed by atoms with Crippen molar-refractivity contribution in [1.29, 1.82) is 0 Å². The van der Waals surface area contributed by atoms with Gasteiger partial charge in [-0.25, -0.2) is 4.79 Å². The zero-order valence-electron chi connectivity index (χ0n) is 9.08. The number of phenolic OH excluding ortho intramolecular Hbond substituents is 1. The van der Waals surface area contributed by atoms with E-state index < -0.39 is 17.8 Å². The molecule has 1 rings (SSSR count). The summed E-state index contributed by atoms with van der Waals surface area (Å²) in [6, 6.07) is 5.37. The van der Waals surface area contributed by atoms with Crippen molar-refractivity contribution in [2.75, 3.05) is 0 Å². The molecule has 0 aliphatic carbocycles. The van der Waals surface area contributed by atoms with Crippen LogP contribution in [0.1, 0.15) is 10.4 Å². The molecule has 0 unspecified atom stereocenters. The number of benzene rings is 1. The average molecular weight is 250 g/mol. The molecule has 4 N–H and O–H groups in total. The number of carboxylic acids is 1. The average Bonchev–Trinajstić information content (AvgIpc) is 2.34. The van der Waals surface area contributed by atoms with Crippen molar-refractivity contribution in [2.45, 2.75) is 0 Å². The van der Waals surface area contributed by atoms with Crippen molar-refractivity contribution in [3.8, 4) is 5.75 Å². The summed E-state index contributed by atoms with van der Waals surface area (Å²) in [7, 11) is 0. The Bertz CT molecular complexity index is 493. The molecule has 2 amide bonds. The zero-order chi connectivity index (χ0) is 13.5. The number of aliphatic carboxylic acids is 1. The van der Waals surface area contributed by atoms with Gasteiger partial charge in [-0.05, 0) is 24.3 Å². The Hall–Kier alpha value is -2.83. The molecule has 7 nitrogen and oxygen atoms in total. The van der Waals surface area contributed by atoms with Gasteiger partial charge in [0.05, 0.1) is 0 Å². The molecular formula is C11H10N2O5. The van der Waals surface area contributed by atoms with Crippen LogP contribution in [-0.2, 0) is 9.59 Å². The fraction of sp³-hybridized carbons (Fsp3) is 0. The molecule has 94 valence electrons. The van der Waals surface area contributed by atoms with Crippen LogP contribution in [-0.4, -0.2) is 28.0 Å². The second-order valence-corrected chi connectivity index (χ2v) is 3.16. The van der Waals surface area contributed by atoms with E-state index in [0.717, 1.165) is 6.08 Å². The van der Waals surface area contributed by atoms with E-state index >= 15 is 0 Å². The van der Waals surface area contributed by atoms with Gasteiger partial charge >= 0.3 is 5.97 Å². The van der Waals surface area contributed by atoms with Crippen LogP contribution in [0.25, 0.3) is 0 Å². The second-order valence-electron chi connectivity index (χ2n) is 3.16. The van der Waals surface area contributed by atoms with Gasteiger partial charge in [0.25, 0.3) is 11.8 Å². The first-order valence-electron chi connectivity index (χ1n) is 4.79. The summed E-state index contributed by atoms with van der Waals surface area (Å²) in [5, 5.41) is 17.3. The van der Waals surface area contributed by atoms with E-state index in [1.165, 1.54) is 24.3 Å². The van der Waals surface area contributed by atoms with E-state index in [2.05, 4.69) is 5.43 Å². The third-order valence-corrected chi connectivity index (χ3v) is 1.81. The molecular weight excluding hydrogens is 240 g/mol. The molecule has 0 atom stereocenters. The summed E-state index contributed by atoms with van der Waals surface area (Å²) in [6.07, 6.45) is 1.40. The van der Waals surface area contributed by atoms with Crippen molar-refractivity contribution in [3.63, 3.8) is 0 Å². The number of carbonyl (C=O) groups excluding carboxylic acids is 2. The van der Waals surface area contributed by atoms with Gasteiger partial charge in [0.2, 0.25) is 0 Å². The molecule has 0 aromatic heterocycles. The third kappa shape index (κ3) is 4.35. The number of hydrogen-bond donors (Lipinski definition) is 4. The van der Waals surface area contributed by atoms with Crippen LogP contribution in [0.15, 0.2) is 36.4 Å². The highest BCUT2D eigenvalue weighted by Crippen LogP contribution is 2.08. The lowest BCUT2D eigenvalue weighted by molar-refractivity contribution is -0.131. The number of phenols is 1. The van der Waals surface area contributed by atoms with Gasteiger partial charge in [0.1, 0.15) is 5.75 Å². The van der Waals surface area contributed by atoms with E-state index in [-0.39, 0.29) is 11.3 Å². The standard InChI is InChI=1S/C11H10N2O5/c14-8-3-1-7(2-4-8)11(18)13-12-9(15)5-6-10(16)17/h1-6,14H,(H,12,15)(H,13,18)(H,16,17)/b6-5+. The number of aromatic hydroxyl groups is 1. The largest absolute Gasteiger partial charge is 0.508 e. The van der Waals surface area contributed by atoms with Crippen LogP contribution < -0.4 is 10.9 Å². The molecule has 1 aromatic rings. The van der Waals surface area contributed by atoms with Crippen LogP contribution in [0.5, 0.6) is 5.75 Å². The van der Waals surface area contributed by atoms with Crippen LogP contribution in [0.3, 0.4) is 0 Å². The number of hydrogen-bond acceptors (Lipinski definition) is 4. The monoisotopic (exact) mass is 250 g/mol. The second kappa shape index (κ2) is 6.04. The Morgan fingerprint density at radius 3 is 2.17 bits per heavy atom. The van der Waals surface area contributed by atoms with Gasteiger partial charge in [-0.2, -0.15) is 0 Å². The van der Waals surface area contributed by atoms with Gasteiger partial charge in [-0.15, -0.1) is 0 Å². The first kappa shape index (κ1) is 13.2. The maximum atomic E-state index is 11.5. The Labute approximate surface area is 102 Å². The number of amides is 2. The number of rotatable bonds is 3. The van der Waals surface area contributed by atoms with Crippen LogP contribution in [0, 0.1) is 0 Å². The van der Waals surface area contributed by atoms with Crippen molar-refractivity contribution < 1.29 is 24.6 Å². The molecule has 1 aromatic carbocycles.